The first-order valence-electron chi connectivity index (χ1n) is 11.1. The summed E-state index contributed by atoms with van der Waals surface area (Å²) in [6.45, 7) is 10.7. The number of likely N-dealkylation sites (N-methyl/N-ethyl adjacent to an activating group) is 1. The Morgan fingerprint density at radius 2 is 1.81 bits per heavy atom. The van der Waals surface area contributed by atoms with Crippen LogP contribution < -0.4 is 4.74 Å². The van der Waals surface area contributed by atoms with Crippen LogP contribution in [-0.2, 0) is 9.59 Å². The largest absolute Gasteiger partial charge is 0.507 e. The summed E-state index contributed by atoms with van der Waals surface area (Å²) < 4.78 is 5.65. The van der Waals surface area contributed by atoms with Crippen LogP contribution in [0.2, 0.25) is 0 Å². The molecule has 0 aliphatic carbocycles. The second-order valence-corrected chi connectivity index (χ2v) is 7.96. The van der Waals surface area contributed by atoms with Gasteiger partial charge >= 0.3 is 0 Å². The average Bonchev–Trinajstić information content (AvgIpc) is 3.05. The van der Waals surface area contributed by atoms with Gasteiger partial charge in [0, 0.05) is 24.8 Å². The van der Waals surface area contributed by atoms with Crippen molar-refractivity contribution < 1.29 is 19.4 Å². The third-order valence-corrected chi connectivity index (χ3v) is 5.56. The number of carbonyl (C=O) groups is 2. The maximum absolute atomic E-state index is 13.0. The minimum atomic E-state index is -0.738. The second-order valence-electron chi connectivity index (χ2n) is 7.96. The monoisotopic (exact) mass is 437 g/mol. The molecule has 1 aliphatic rings. The third kappa shape index (κ3) is 4.99. The van der Waals surface area contributed by atoms with E-state index in [2.05, 4.69) is 23.7 Å². The van der Waals surface area contributed by atoms with Crippen molar-refractivity contribution in [1.29, 1.82) is 0 Å². The second kappa shape index (κ2) is 10.4. The Hall–Kier alpha value is -3.19. The Morgan fingerprint density at radius 1 is 1.12 bits per heavy atom. The van der Waals surface area contributed by atoms with Crippen molar-refractivity contribution in [2.75, 3.05) is 26.2 Å². The summed E-state index contributed by atoms with van der Waals surface area (Å²) >= 11 is 0. The van der Waals surface area contributed by atoms with Crippen molar-refractivity contribution in [1.82, 2.24) is 14.8 Å². The molecule has 2 heterocycles. The number of rotatable bonds is 9. The first-order valence-corrected chi connectivity index (χ1v) is 11.1. The highest BCUT2D eigenvalue weighted by Crippen LogP contribution is 2.38. The molecule has 0 bridgehead atoms. The molecule has 0 spiro atoms. The van der Waals surface area contributed by atoms with E-state index in [-0.39, 0.29) is 17.4 Å². The van der Waals surface area contributed by atoms with Crippen LogP contribution in [0.25, 0.3) is 5.76 Å². The minimum absolute atomic E-state index is 0.0229. The lowest BCUT2D eigenvalue weighted by Gasteiger charge is -2.27. The van der Waals surface area contributed by atoms with Crippen LogP contribution in [-0.4, -0.2) is 63.9 Å². The standard InChI is InChI=1S/C25H31N3O4/c1-5-27(6-2)15-16-28-22(20-9-7-8-14-26-20)21(24(30)25(28)31)23(29)18-10-12-19(13-11-18)32-17(3)4/h7-14,17,22,29H,5-6,15-16H2,1-4H3/t22-/m0/s1. The molecule has 7 nitrogen and oxygen atoms in total. The van der Waals surface area contributed by atoms with Crippen LogP contribution >= 0.6 is 0 Å². The summed E-state index contributed by atoms with van der Waals surface area (Å²) in [5.41, 5.74) is 1.06. The van der Waals surface area contributed by atoms with Gasteiger partial charge in [-0.05, 0) is 63.3 Å². The fraction of sp³-hybridized carbons (Fsp3) is 0.400. The molecular formula is C25H31N3O4. The predicted molar refractivity (Wildman–Crippen MR) is 123 cm³/mol. The van der Waals surface area contributed by atoms with Gasteiger partial charge in [0.05, 0.1) is 17.4 Å². The number of Topliss-reactive ketones (excluding diaryl/α,β-unsaturated/α-hetero) is 1. The summed E-state index contributed by atoms with van der Waals surface area (Å²) in [5, 5.41) is 11.1. The molecule has 1 aromatic carbocycles. The van der Waals surface area contributed by atoms with Crippen molar-refractivity contribution in [2.24, 2.45) is 0 Å². The number of aliphatic hydroxyl groups is 1. The molecule has 1 amide bonds. The van der Waals surface area contributed by atoms with Gasteiger partial charge in [-0.15, -0.1) is 0 Å². The molecule has 0 saturated carbocycles. The Labute approximate surface area is 189 Å². The maximum atomic E-state index is 13.0. The Balaban J connectivity index is 2.02. The molecule has 1 atom stereocenters. The number of ether oxygens (including phenoxy) is 1. The summed E-state index contributed by atoms with van der Waals surface area (Å²) in [7, 11) is 0. The van der Waals surface area contributed by atoms with Gasteiger partial charge in [-0.1, -0.05) is 19.9 Å². The van der Waals surface area contributed by atoms with Crippen molar-refractivity contribution in [3.05, 3.63) is 65.5 Å². The van der Waals surface area contributed by atoms with Crippen LogP contribution in [0, 0.1) is 0 Å². The van der Waals surface area contributed by atoms with Gasteiger partial charge in [0.25, 0.3) is 11.7 Å². The maximum Gasteiger partial charge on any atom is 0.295 e. The van der Waals surface area contributed by atoms with Crippen molar-refractivity contribution in [3.63, 3.8) is 0 Å². The average molecular weight is 438 g/mol. The molecule has 1 saturated heterocycles. The number of hydrogen-bond acceptors (Lipinski definition) is 6. The Kier molecular flexibility index (Phi) is 7.64. The van der Waals surface area contributed by atoms with Gasteiger partial charge in [0.15, 0.2) is 0 Å². The normalized spacial score (nSPS) is 18.1. The van der Waals surface area contributed by atoms with E-state index in [1.807, 2.05) is 19.9 Å². The van der Waals surface area contributed by atoms with Crippen LogP contribution in [0.5, 0.6) is 5.75 Å². The summed E-state index contributed by atoms with van der Waals surface area (Å²) in [4.78, 5) is 34.1. The van der Waals surface area contributed by atoms with E-state index in [4.69, 9.17) is 4.74 Å². The number of benzene rings is 1. The molecule has 3 rings (SSSR count). The lowest BCUT2D eigenvalue weighted by Crippen LogP contribution is -2.38. The fourth-order valence-corrected chi connectivity index (χ4v) is 3.86. The van der Waals surface area contributed by atoms with E-state index in [0.29, 0.717) is 30.1 Å². The van der Waals surface area contributed by atoms with Crippen LogP contribution in [0.3, 0.4) is 0 Å². The lowest BCUT2D eigenvalue weighted by molar-refractivity contribution is -0.140. The fourth-order valence-electron chi connectivity index (χ4n) is 3.86. The molecule has 1 N–H and O–H groups in total. The Bertz CT molecular complexity index is 966. The zero-order chi connectivity index (χ0) is 23.3. The number of pyridine rings is 1. The highest BCUT2D eigenvalue weighted by Gasteiger charge is 2.46. The molecule has 0 unspecified atom stereocenters. The molecule has 0 radical (unpaired) electrons. The van der Waals surface area contributed by atoms with Crippen molar-refractivity contribution >= 4 is 17.4 Å². The number of nitrogens with zero attached hydrogens (tertiary/aromatic N) is 3. The number of ketones is 1. The Morgan fingerprint density at radius 3 is 2.38 bits per heavy atom. The van der Waals surface area contributed by atoms with Gasteiger partial charge in [-0.25, -0.2) is 0 Å². The van der Waals surface area contributed by atoms with E-state index in [9.17, 15) is 14.7 Å². The first-order chi connectivity index (χ1) is 15.4. The van der Waals surface area contributed by atoms with E-state index >= 15 is 0 Å². The zero-order valence-electron chi connectivity index (χ0n) is 19.1. The molecular weight excluding hydrogens is 406 g/mol. The molecule has 2 aromatic rings. The first kappa shape index (κ1) is 23.5. The van der Waals surface area contributed by atoms with E-state index in [1.165, 1.54) is 4.90 Å². The minimum Gasteiger partial charge on any atom is -0.507 e. The summed E-state index contributed by atoms with van der Waals surface area (Å²) in [6.07, 6.45) is 1.65. The van der Waals surface area contributed by atoms with Crippen molar-refractivity contribution in [3.8, 4) is 5.75 Å². The number of likely N-dealkylation sites (tertiary alicyclic amines) is 1. The van der Waals surface area contributed by atoms with Gasteiger partial charge in [0.1, 0.15) is 17.6 Å². The summed E-state index contributed by atoms with van der Waals surface area (Å²) in [6, 6.07) is 11.5. The zero-order valence-corrected chi connectivity index (χ0v) is 19.1. The van der Waals surface area contributed by atoms with E-state index in [1.54, 1.807) is 42.6 Å². The van der Waals surface area contributed by atoms with Gasteiger partial charge < -0.3 is 19.6 Å². The number of amides is 1. The molecule has 7 heteroatoms. The highest BCUT2D eigenvalue weighted by atomic mass is 16.5. The molecule has 32 heavy (non-hydrogen) atoms. The van der Waals surface area contributed by atoms with Crippen molar-refractivity contribution in [2.45, 2.75) is 39.8 Å². The summed E-state index contributed by atoms with van der Waals surface area (Å²) in [5.74, 6) is -0.854. The number of aromatic nitrogens is 1. The molecule has 1 aromatic heterocycles. The topological polar surface area (TPSA) is 83.0 Å². The van der Waals surface area contributed by atoms with E-state index < -0.39 is 17.7 Å². The predicted octanol–water partition coefficient (Wildman–Crippen LogP) is 3.63. The lowest BCUT2D eigenvalue weighted by atomic mass is 9.98. The quantitative estimate of drug-likeness (QED) is 0.366. The molecule has 1 aliphatic heterocycles. The smallest absolute Gasteiger partial charge is 0.295 e. The number of aliphatic hydroxyl groups excluding tert-OH is 1. The third-order valence-electron chi connectivity index (χ3n) is 5.56. The number of hydrogen-bond donors (Lipinski definition) is 1. The van der Waals surface area contributed by atoms with Gasteiger partial charge in [-0.2, -0.15) is 0 Å². The molecule has 1 fully saturated rings. The highest BCUT2D eigenvalue weighted by molar-refractivity contribution is 6.46. The number of carbonyl (C=O) groups excluding carboxylic acids is 2. The SMILES string of the molecule is CCN(CC)CCN1C(=O)C(=O)C(=C(O)c2ccc(OC(C)C)cc2)[C@@H]1c1ccccn1. The van der Waals surface area contributed by atoms with Crippen LogP contribution in [0.1, 0.15) is 45.0 Å². The van der Waals surface area contributed by atoms with Crippen LogP contribution in [0.4, 0.5) is 0 Å². The molecule has 170 valence electrons. The van der Waals surface area contributed by atoms with Gasteiger partial charge in [-0.3, -0.25) is 14.6 Å². The van der Waals surface area contributed by atoms with E-state index in [0.717, 1.165) is 13.1 Å². The van der Waals surface area contributed by atoms with Gasteiger partial charge in [0.2, 0.25) is 0 Å². The van der Waals surface area contributed by atoms with Crippen LogP contribution in [0.15, 0.2) is 54.2 Å².